The van der Waals surface area contributed by atoms with Gasteiger partial charge in [0.25, 0.3) is 0 Å². The molecule has 1 fully saturated rings. The van der Waals surface area contributed by atoms with E-state index in [0.29, 0.717) is 24.1 Å². The number of β-amino-alcohol motifs (C(OH)–C–C–N with tert-alkyl or cyclic N) is 1. The number of nitrogens with zero attached hydrogens (tertiary/aromatic N) is 2. The summed E-state index contributed by atoms with van der Waals surface area (Å²) in [4.78, 5) is 2.37. The van der Waals surface area contributed by atoms with Crippen LogP contribution >= 0.6 is 0 Å². The van der Waals surface area contributed by atoms with Gasteiger partial charge in [0.05, 0.1) is 17.7 Å². The highest BCUT2D eigenvalue weighted by Gasteiger charge is 2.26. The van der Waals surface area contributed by atoms with E-state index >= 15 is 0 Å². The average Bonchev–Trinajstić information content (AvgIpc) is 2.44. The predicted octanol–water partition coefficient (Wildman–Crippen LogP) is 2.71. The lowest BCUT2D eigenvalue weighted by molar-refractivity contribution is 0.0513. The Morgan fingerprint density at radius 1 is 1.37 bits per heavy atom. The maximum Gasteiger partial charge on any atom is 0.0991 e. The van der Waals surface area contributed by atoms with Crippen molar-refractivity contribution in [2.24, 2.45) is 5.92 Å². The van der Waals surface area contributed by atoms with Crippen molar-refractivity contribution in [3.05, 3.63) is 35.4 Å². The summed E-state index contributed by atoms with van der Waals surface area (Å²) in [6.45, 7) is 6.27. The standard InChI is InChI=1S/C16H22N2O/c1-12-4-3-9-18(13(12)2)11-16(19)15-7-5-14(10-17)6-8-15/h5-8,12-13,16,19H,3-4,9,11H2,1-2H3. The Morgan fingerprint density at radius 3 is 2.68 bits per heavy atom. The molecule has 0 spiro atoms. The number of rotatable bonds is 3. The summed E-state index contributed by atoms with van der Waals surface area (Å²) < 4.78 is 0. The van der Waals surface area contributed by atoms with Crippen LogP contribution in [0.25, 0.3) is 0 Å². The van der Waals surface area contributed by atoms with Crippen LogP contribution in [0.3, 0.4) is 0 Å². The normalized spacial score (nSPS) is 25.8. The zero-order chi connectivity index (χ0) is 13.8. The minimum Gasteiger partial charge on any atom is -0.387 e. The van der Waals surface area contributed by atoms with E-state index in [1.807, 2.05) is 12.1 Å². The number of likely N-dealkylation sites (tertiary alicyclic amines) is 1. The molecule has 0 bridgehead atoms. The van der Waals surface area contributed by atoms with Gasteiger partial charge in [0.15, 0.2) is 0 Å². The number of aliphatic hydroxyl groups is 1. The highest BCUT2D eigenvalue weighted by atomic mass is 16.3. The molecule has 1 aromatic rings. The van der Waals surface area contributed by atoms with Crippen molar-refractivity contribution in [1.29, 1.82) is 5.26 Å². The SMILES string of the molecule is CC1CCCN(CC(O)c2ccc(C#N)cc2)C1C. The number of piperidine rings is 1. The highest BCUT2D eigenvalue weighted by molar-refractivity contribution is 5.32. The highest BCUT2D eigenvalue weighted by Crippen LogP contribution is 2.25. The molecular formula is C16H22N2O. The van der Waals surface area contributed by atoms with Crippen molar-refractivity contribution in [3.63, 3.8) is 0 Å². The first kappa shape index (κ1) is 14.0. The van der Waals surface area contributed by atoms with Crippen molar-refractivity contribution in [2.75, 3.05) is 13.1 Å². The van der Waals surface area contributed by atoms with Crippen LogP contribution < -0.4 is 0 Å². The Hall–Kier alpha value is -1.37. The molecule has 1 aliphatic rings. The summed E-state index contributed by atoms with van der Waals surface area (Å²) in [7, 11) is 0. The fourth-order valence-corrected chi connectivity index (χ4v) is 2.79. The van der Waals surface area contributed by atoms with Crippen LogP contribution in [0.5, 0.6) is 0 Å². The fraction of sp³-hybridized carbons (Fsp3) is 0.562. The lowest BCUT2D eigenvalue weighted by Gasteiger charge is -2.39. The van der Waals surface area contributed by atoms with Gasteiger partial charge < -0.3 is 5.11 Å². The van der Waals surface area contributed by atoms with Gasteiger partial charge in [-0.2, -0.15) is 5.26 Å². The summed E-state index contributed by atoms with van der Waals surface area (Å²) in [6, 6.07) is 9.85. The lowest BCUT2D eigenvalue weighted by Crippen LogP contribution is -2.44. The van der Waals surface area contributed by atoms with Crippen LogP contribution in [0.2, 0.25) is 0 Å². The summed E-state index contributed by atoms with van der Waals surface area (Å²) in [6.07, 6.45) is 2.02. The van der Waals surface area contributed by atoms with Gasteiger partial charge in [-0.05, 0) is 49.9 Å². The Balaban J connectivity index is 1.99. The minimum absolute atomic E-state index is 0.472. The first-order valence-electron chi connectivity index (χ1n) is 7.04. The Bertz CT molecular complexity index is 449. The van der Waals surface area contributed by atoms with E-state index in [0.717, 1.165) is 12.1 Å². The molecule has 3 atom stereocenters. The van der Waals surface area contributed by atoms with E-state index in [1.165, 1.54) is 12.8 Å². The molecule has 0 amide bonds. The van der Waals surface area contributed by atoms with Crippen molar-refractivity contribution in [1.82, 2.24) is 4.90 Å². The average molecular weight is 258 g/mol. The summed E-state index contributed by atoms with van der Waals surface area (Å²) in [5.41, 5.74) is 1.53. The van der Waals surface area contributed by atoms with Crippen LogP contribution in [0, 0.1) is 17.2 Å². The van der Waals surface area contributed by atoms with Gasteiger partial charge in [-0.15, -0.1) is 0 Å². The molecule has 1 aliphatic heterocycles. The largest absolute Gasteiger partial charge is 0.387 e. The quantitative estimate of drug-likeness (QED) is 0.906. The number of benzene rings is 1. The number of hydrogen-bond donors (Lipinski definition) is 1. The molecule has 102 valence electrons. The first-order chi connectivity index (χ1) is 9.11. The van der Waals surface area contributed by atoms with Crippen LogP contribution in [-0.4, -0.2) is 29.1 Å². The number of hydrogen-bond acceptors (Lipinski definition) is 3. The van der Waals surface area contributed by atoms with Crippen molar-refractivity contribution >= 4 is 0 Å². The molecule has 3 unspecified atom stereocenters. The van der Waals surface area contributed by atoms with Crippen LogP contribution in [0.1, 0.15) is 43.9 Å². The van der Waals surface area contributed by atoms with E-state index in [2.05, 4.69) is 24.8 Å². The topological polar surface area (TPSA) is 47.3 Å². The van der Waals surface area contributed by atoms with Gasteiger partial charge in [0, 0.05) is 12.6 Å². The van der Waals surface area contributed by atoms with E-state index in [9.17, 15) is 5.11 Å². The van der Waals surface area contributed by atoms with E-state index in [-0.39, 0.29) is 0 Å². The third-order valence-electron chi connectivity index (χ3n) is 4.34. The van der Waals surface area contributed by atoms with E-state index < -0.39 is 6.10 Å². The zero-order valence-electron chi connectivity index (χ0n) is 11.7. The first-order valence-corrected chi connectivity index (χ1v) is 7.04. The summed E-state index contributed by atoms with van der Waals surface area (Å²) in [5.74, 6) is 0.696. The summed E-state index contributed by atoms with van der Waals surface area (Å²) in [5, 5.41) is 19.1. The molecule has 0 radical (unpaired) electrons. The molecule has 19 heavy (non-hydrogen) atoms. The second kappa shape index (κ2) is 6.18. The molecule has 1 heterocycles. The van der Waals surface area contributed by atoms with Gasteiger partial charge in [-0.25, -0.2) is 0 Å². The maximum atomic E-state index is 10.3. The van der Waals surface area contributed by atoms with Crippen LogP contribution in [0.15, 0.2) is 24.3 Å². The van der Waals surface area contributed by atoms with Crippen LogP contribution in [0.4, 0.5) is 0 Å². The molecule has 2 rings (SSSR count). The smallest absolute Gasteiger partial charge is 0.0991 e. The van der Waals surface area contributed by atoms with Crippen molar-refractivity contribution in [3.8, 4) is 6.07 Å². The molecule has 1 saturated heterocycles. The molecular weight excluding hydrogens is 236 g/mol. The second-order valence-corrected chi connectivity index (χ2v) is 5.60. The Morgan fingerprint density at radius 2 is 2.05 bits per heavy atom. The molecule has 1 aromatic carbocycles. The zero-order valence-corrected chi connectivity index (χ0v) is 11.7. The second-order valence-electron chi connectivity index (χ2n) is 5.60. The monoisotopic (exact) mass is 258 g/mol. The fourth-order valence-electron chi connectivity index (χ4n) is 2.79. The third-order valence-corrected chi connectivity index (χ3v) is 4.34. The molecule has 3 nitrogen and oxygen atoms in total. The maximum absolute atomic E-state index is 10.3. The molecule has 3 heteroatoms. The molecule has 0 saturated carbocycles. The minimum atomic E-state index is -0.472. The number of nitriles is 1. The third kappa shape index (κ3) is 3.34. The van der Waals surface area contributed by atoms with Gasteiger partial charge in [0.2, 0.25) is 0 Å². The van der Waals surface area contributed by atoms with E-state index in [4.69, 9.17) is 5.26 Å². The van der Waals surface area contributed by atoms with Crippen molar-refractivity contribution in [2.45, 2.75) is 38.8 Å². The Labute approximate surface area is 115 Å². The van der Waals surface area contributed by atoms with Crippen LogP contribution in [-0.2, 0) is 0 Å². The van der Waals surface area contributed by atoms with Gasteiger partial charge >= 0.3 is 0 Å². The van der Waals surface area contributed by atoms with Gasteiger partial charge in [-0.3, -0.25) is 4.90 Å². The van der Waals surface area contributed by atoms with Gasteiger partial charge in [-0.1, -0.05) is 19.1 Å². The Kier molecular flexibility index (Phi) is 4.57. The van der Waals surface area contributed by atoms with E-state index in [1.54, 1.807) is 12.1 Å². The number of aliphatic hydroxyl groups excluding tert-OH is 1. The molecule has 0 aromatic heterocycles. The lowest BCUT2D eigenvalue weighted by atomic mass is 9.91. The van der Waals surface area contributed by atoms with Crippen molar-refractivity contribution < 1.29 is 5.11 Å². The molecule has 1 N–H and O–H groups in total. The summed E-state index contributed by atoms with van der Waals surface area (Å²) >= 11 is 0. The predicted molar refractivity (Wildman–Crippen MR) is 75.5 cm³/mol. The van der Waals surface area contributed by atoms with Gasteiger partial charge in [0.1, 0.15) is 0 Å². The molecule has 0 aliphatic carbocycles.